The van der Waals surface area contributed by atoms with Crippen LogP contribution in [0.25, 0.3) is 16.7 Å². The summed E-state index contributed by atoms with van der Waals surface area (Å²) in [5.74, 6) is 0.168. The smallest absolute Gasteiger partial charge is 0.221 e. The van der Waals surface area contributed by atoms with E-state index in [0.717, 1.165) is 0 Å². The number of nitrogens with zero attached hydrogens (tertiary/aromatic N) is 3. The Morgan fingerprint density at radius 3 is 2.56 bits per heavy atom. The number of methoxy groups -OCH3 is 1. The standard InChI is InChI=1S/C15H14BrClN6O2/c1-6(24)20-10-4-8(18)12(25-2)5-11(10)23-21-14-7(17)3-9(19)13(16)15(14)22-23/h3-5H,18-19H2,1-2H3,(H,20,24). The van der Waals surface area contributed by atoms with E-state index in [-0.39, 0.29) is 5.91 Å². The second kappa shape index (κ2) is 6.41. The Bertz CT molecular complexity index is 1000. The van der Waals surface area contributed by atoms with Crippen molar-refractivity contribution in [2.75, 3.05) is 23.9 Å². The van der Waals surface area contributed by atoms with Crippen LogP contribution in [0.15, 0.2) is 22.7 Å². The highest BCUT2D eigenvalue weighted by molar-refractivity contribution is 9.10. The van der Waals surface area contributed by atoms with Crippen LogP contribution >= 0.6 is 27.5 Å². The molecule has 1 aromatic heterocycles. The number of nitrogen functional groups attached to an aromatic ring is 2. The molecule has 0 atom stereocenters. The molecule has 1 heterocycles. The van der Waals surface area contributed by atoms with Crippen molar-refractivity contribution in [3.63, 3.8) is 0 Å². The second-order valence-electron chi connectivity index (χ2n) is 5.24. The van der Waals surface area contributed by atoms with Crippen molar-refractivity contribution in [3.05, 3.63) is 27.7 Å². The molecule has 0 spiro atoms. The normalized spacial score (nSPS) is 10.9. The minimum atomic E-state index is -0.258. The summed E-state index contributed by atoms with van der Waals surface area (Å²) in [6.45, 7) is 1.39. The first kappa shape index (κ1) is 17.3. The van der Waals surface area contributed by atoms with Crippen LogP contribution in [0.1, 0.15) is 6.92 Å². The number of ether oxygens (including phenoxy) is 1. The summed E-state index contributed by atoms with van der Waals surface area (Å²) < 4.78 is 5.83. The van der Waals surface area contributed by atoms with Crippen LogP contribution in [0.2, 0.25) is 5.02 Å². The Morgan fingerprint density at radius 1 is 1.24 bits per heavy atom. The topological polar surface area (TPSA) is 121 Å². The second-order valence-corrected chi connectivity index (χ2v) is 6.44. The Kier molecular flexibility index (Phi) is 4.44. The van der Waals surface area contributed by atoms with Crippen molar-refractivity contribution in [2.45, 2.75) is 6.92 Å². The average molecular weight is 426 g/mol. The minimum absolute atomic E-state index is 0.258. The van der Waals surface area contributed by atoms with E-state index in [2.05, 4.69) is 31.4 Å². The van der Waals surface area contributed by atoms with E-state index in [1.807, 2.05) is 0 Å². The number of carbonyl (C=O) groups is 1. The van der Waals surface area contributed by atoms with Gasteiger partial charge in [-0.05, 0) is 28.1 Å². The van der Waals surface area contributed by atoms with E-state index in [1.54, 1.807) is 18.2 Å². The number of carbonyl (C=O) groups excluding carboxylic acids is 1. The van der Waals surface area contributed by atoms with Gasteiger partial charge in [0, 0.05) is 18.7 Å². The Balaban J connectivity index is 2.28. The molecule has 0 saturated carbocycles. The van der Waals surface area contributed by atoms with Gasteiger partial charge >= 0.3 is 0 Å². The summed E-state index contributed by atoms with van der Waals surface area (Å²) in [6, 6.07) is 4.80. The van der Waals surface area contributed by atoms with Gasteiger partial charge in [0.2, 0.25) is 5.91 Å². The summed E-state index contributed by atoms with van der Waals surface area (Å²) in [5, 5.41) is 11.9. The highest BCUT2D eigenvalue weighted by Gasteiger charge is 2.18. The van der Waals surface area contributed by atoms with Crippen molar-refractivity contribution in [1.29, 1.82) is 0 Å². The van der Waals surface area contributed by atoms with E-state index in [0.29, 0.717) is 49.0 Å². The number of benzene rings is 2. The number of hydrogen-bond donors (Lipinski definition) is 3. The molecule has 0 fully saturated rings. The van der Waals surface area contributed by atoms with Crippen LogP contribution in [0.4, 0.5) is 17.1 Å². The van der Waals surface area contributed by atoms with E-state index in [1.165, 1.54) is 18.8 Å². The number of anilines is 3. The SMILES string of the molecule is COc1cc(-n2nc3c(Cl)cc(N)c(Br)c3n2)c(NC(C)=O)cc1N. The molecule has 3 aromatic rings. The van der Waals surface area contributed by atoms with Gasteiger partial charge in [-0.15, -0.1) is 15.0 Å². The Morgan fingerprint density at radius 2 is 1.92 bits per heavy atom. The minimum Gasteiger partial charge on any atom is -0.495 e. The van der Waals surface area contributed by atoms with Crippen LogP contribution in [-0.2, 0) is 4.79 Å². The molecule has 0 saturated heterocycles. The molecule has 3 rings (SSSR count). The number of rotatable bonds is 3. The first-order chi connectivity index (χ1) is 11.8. The zero-order valence-electron chi connectivity index (χ0n) is 13.3. The first-order valence-corrected chi connectivity index (χ1v) is 8.25. The molecule has 1 amide bonds. The zero-order chi connectivity index (χ0) is 18.3. The van der Waals surface area contributed by atoms with Crippen molar-refractivity contribution < 1.29 is 9.53 Å². The fraction of sp³-hybridized carbons (Fsp3) is 0.133. The van der Waals surface area contributed by atoms with Crippen molar-refractivity contribution in [2.24, 2.45) is 0 Å². The monoisotopic (exact) mass is 424 g/mol. The number of amides is 1. The van der Waals surface area contributed by atoms with Crippen molar-refractivity contribution in [3.8, 4) is 11.4 Å². The van der Waals surface area contributed by atoms with Crippen LogP contribution in [-0.4, -0.2) is 28.0 Å². The predicted molar refractivity (Wildman–Crippen MR) is 101 cm³/mol. The fourth-order valence-electron chi connectivity index (χ4n) is 2.35. The number of hydrogen-bond acceptors (Lipinski definition) is 6. The largest absolute Gasteiger partial charge is 0.495 e. The lowest BCUT2D eigenvalue weighted by atomic mass is 10.2. The molecular formula is C15H14BrClN6O2. The third kappa shape index (κ3) is 3.08. The lowest BCUT2D eigenvalue weighted by Gasteiger charge is -2.13. The van der Waals surface area contributed by atoms with E-state index < -0.39 is 0 Å². The highest BCUT2D eigenvalue weighted by Crippen LogP contribution is 2.35. The first-order valence-electron chi connectivity index (χ1n) is 7.07. The predicted octanol–water partition coefficient (Wildman–Crippen LogP) is 2.97. The highest BCUT2D eigenvalue weighted by atomic mass is 79.9. The Labute approximate surface area is 156 Å². The zero-order valence-corrected chi connectivity index (χ0v) is 15.6. The van der Waals surface area contributed by atoms with Gasteiger partial charge in [-0.2, -0.15) is 0 Å². The number of nitrogens with one attached hydrogen (secondary N) is 1. The van der Waals surface area contributed by atoms with Crippen LogP contribution in [0.5, 0.6) is 5.75 Å². The molecule has 10 heteroatoms. The van der Waals surface area contributed by atoms with E-state index >= 15 is 0 Å². The maximum Gasteiger partial charge on any atom is 0.221 e. The maximum atomic E-state index is 11.5. The lowest BCUT2D eigenvalue weighted by molar-refractivity contribution is -0.114. The van der Waals surface area contributed by atoms with Gasteiger partial charge in [0.05, 0.1) is 28.0 Å². The fourth-order valence-corrected chi connectivity index (χ4v) is 2.97. The quantitative estimate of drug-likeness (QED) is 0.555. The molecule has 0 radical (unpaired) electrons. The van der Waals surface area contributed by atoms with Crippen molar-refractivity contribution in [1.82, 2.24) is 15.0 Å². The molecule has 0 aliphatic rings. The summed E-state index contributed by atoms with van der Waals surface area (Å²) in [6.07, 6.45) is 0. The number of aromatic nitrogens is 3. The van der Waals surface area contributed by atoms with E-state index in [9.17, 15) is 4.79 Å². The van der Waals surface area contributed by atoms with Crippen LogP contribution < -0.4 is 21.5 Å². The molecule has 0 aliphatic heterocycles. The summed E-state index contributed by atoms with van der Waals surface area (Å²) in [4.78, 5) is 12.9. The average Bonchev–Trinajstić information content (AvgIpc) is 2.98. The van der Waals surface area contributed by atoms with Gasteiger partial charge in [0.1, 0.15) is 22.5 Å². The van der Waals surface area contributed by atoms with E-state index in [4.69, 9.17) is 27.8 Å². The molecular weight excluding hydrogens is 412 g/mol. The van der Waals surface area contributed by atoms with Crippen LogP contribution in [0.3, 0.4) is 0 Å². The third-order valence-electron chi connectivity index (χ3n) is 3.46. The van der Waals surface area contributed by atoms with Gasteiger partial charge in [-0.25, -0.2) is 0 Å². The molecule has 130 valence electrons. The van der Waals surface area contributed by atoms with Gasteiger partial charge in [-0.1, -0.05) is 11.6 Å². The maximum absolute atomic E-state index is 11.5. The van der Waals surface area contributed by atoms with Crippen LogP contribution in [0, 0.1) is 0 Å². The number of nitrogens with two attached hydrogens (primary N) is 2. The number of halogens is 2. The molecule has 0 aliphatic carbocycles. The molecule has 8 nitrogen and oxygen atoms in total. The third-order valence-corrected chi connectivity index (χ3v) is 4.58. The molecule has 0 bridgehead atoms. The summed E-state index contributed by atoms with van der Waals surface area (Å²) >= 11 is 9.60. The molecule has 2 aromatic carbocycles. The van der Waals surface area contributed by atoms with Gasteiger partial charge in [0.15, 0.2) is 0 Å². The Hall–Kier alpha value is -2.52. The van der Waals surface area contributed by atoms with Gasteiger partial charge < -0.3 is 21.5 Å². The van der Waals surface area contributed by atoms with Crippen molar-refractivity contribution >= 4 is 61.5 Å². The molecule has 5 N–H and O–H groups in total. The van der Waals surface area contributed by atoms with Gasteiger partial charge in [-0.3, -0.25) is 4.79 Å². The summed E-state index contributed by atoms with van der Waals surface area (Å²) in [7, 11) is 1.49. The molecule has 25 heavy (non-hydrogen) atoms. The van der Waals surface area contributed by atoms with Gasteiger partial charge in [0.25, 0.3) is 0 Å². The summed E-state index contributed by atoms with van der Waals surface area (Å²) in [5.41, 5.74) is 14.5. The lowest BCUT2D eigenvalue weighted by Crippen LogP contribution is -2.11. The number of fused-ring (bicyclic) bond motifs is 1. The molecule has 0 unspecified atom stereocenters.